The van der Waals surface area contributed by atoms with Gasteiger partial charge in [-0.25, -0.2) is 0 Å². The van der Waals surface area contributed by atoms with Crippen molar-refractivity contribution in [2.45, 2.75) is 11.8 Å². The summed E-state index contributed by atoms with van der Waals surface area (Å²) in [6, 6.07) is 12.4. The number of hydrogen-bond acceptors (Lipinski definition) is 1. The molecule has 1 heterocycles. The number of rotatable bonds is 3. The van der Waals surface area contributed by atoms with Crippen LogP contribution in [0.4, 0.5) is 0 Å². The minimum Gasteiger partial charge on any atom is -0.132 e. The Morgan fingerprint density at radius 3 is 2.62 bits per heavy atom. The summed E-state index contributed by atoms with van der Waals surface area (Å²) in [5.41, 5.74) is 1.25. The Labute approximate surface area is 121 Å². The van der Waals surface area contributed by atoms with Gasteiger partial charge in [0.2, 0.25) is 0 Å². The van der Waals surface area contributed by atoms with E-state index in [-0.39, 0.29) is 5.38 Å². The lowest BCUT2D eigenvalue weighted by Gasteiger charge is -2.07. The summed E-state index contributed by atoms with van der Waals surface area (Å²) in [5.74, 6) is 0. The third-order valence-electron chi connectivity index (χ3n) is 2.21. The average molecular weight is 381 g/mol. The first kappa shape index (κ1) is 12.6. The van der Waals surface area contributed by atoms with Gasteiger partial charge in [0.15, 0.2) is 0 Å². The maximum Gasteiger partial charge on any atom is 0.0719 e. The zero-order valence-electron chi connectivity index (χ0n) is 8.29. The average Bonchev–Trinajstić information content (AvgIpc) is 2.65. The van der Waals surface area contributed by atoms with Crippen LogP contribution in [0.15, 0.2) is 44.7 Å². The van der Waals surface area contributed by atoms with E-state index in [4.69, 9.17) is 11.6 Å². The lowest BCUT2D eigenvalue weighted by Crippen LogP contribution is -1.93. The van der Waals surface area contributed by atoms with Crippen molar-refractivity contribution in [3.05, 3.63) is 55.1 Å². The highest BCUT2D eigenvalue weighted by atomic mass is 79.9. The second-order valence-corrected chi connectivity index (χ2v) is 7.38. The Hall–Kier alpha value is 0.170. The molecule has 0 fully saturated rings. The first-order chi connectivity index (χ1) is 7.65. The Balaban J connectivity index is 2.10. The molecule has 0 saturated heterocycles. The van der Waals surface area contributed by atoms with Gasteiger partial charge in [-0.3, -0.25) is 0 Å². The maximum atomic E-state index is 6.38. The summed E-state index contributed by atoms with van der Waals surface area (Å²) in [5, 5.41) is 0.0469. The van der Waals surface area contributed by atoms with E-state index >= 15 is 0 Å². The number of benzene rings is 1. The number of alkyl halides is 1. The van der Waals surface area contributed by atoms with Crippen LogP contribution in [-0.2, 0) is 6.42 Å². The second kappa shape index (κ2) is 5.67. The first-order valence-electron chi connectivity index (χ1n) is 4.79. The zero-order chi connectivity index (χ0) is 11.5. The van der Waals surface area contributed by atoms with Gasteiger partial charge in [-0.05, 0) is 52.2 Å². The summed E-state index contributed by atoms with van der Waals surface area (Å²) in [6.07, 6.45) is 0.855. The van der Waals surface area contributed by atoms with Gasteiger partial charge in [0.05, 0.1) is 9.16 Å². The molecule has 0 spiro atoms. The quantitative estimate of drug-likeness (QED) is 0.591. The van der Waals surface area contributed by atoms with Gasteiger partial charge >= 0.3 is 0 Å². The summed E-state index contributed by atoms with van der Waals surface area (Å²) in [4.78, 5) is 1.20. The summed E-state index contributed by atoms with van der Waals surface area (Å²) in [7, 11) is 0. The van der Waals surface area contributed by atoms with Crippen molar-refractivity contribution in [2.75, 3.05) is 0 Å². The molecule has 0 saturated carbocycles. The molecule has 2 aromatic rings. The van der Waals surface area contributed by atoms with Crippen LogP contribution in [-0.4, -0.2) is 0 Å². The van der Waals surface area contributed by atoms with E-state index in [1.54, 1.807) is 11.3 Å². The number of halogens is 3. The van der Waals surface area contributed by atoms with E-state index in [0.29, 0.717) is 0 Å². The molecular weight excluding hydrogens is 371 g/mol. The van der Waals surface area contributed by atoms with Crippen molar-refractivity contribution in [1.82, 2.24) is 0 Å². The molecule has 2 rings (SSSR count). The summed E-state index contributed by atoms with van der Waals surface area (Å²) in [6.45, 7) is 0. The van der Waals surface area contributed by atoms with Gasteiger partial charge in [0.25, 0.3) is 0 Å². The molecule has 1 atom stereocenters. The molecular formula is C12H9Br2ClS. The fourth-order valence-electron chi connectivity index (χ4n) is 1.47. The smallest absolute Gasteiger partial charge is 0.0719 e. The fraction of sp³-hybridized carbons (Fsp3) is 0.167. The van der Waals surface area contributed by atoms with Crippen LogP contribution in [0.1, 0.15) is 15.8 Å². The highest BCUT2D eigenvalue weighted by molar-refractivity contribution is 9.11. The van der Waals surface area contributed by atoms with Crippen LogP contribution in [0, 0.1) is 0 Å². The lowest BCUT2D eigenvalue weighted by atomic mass is 10.1. The van der Waals surface area contributed by atoms with Crippen molar-refractivity contribution in [3.63, 3.8) is 0 Å². The summed E-state index contributed by atoms with van der Waals surface area (Å²) < 4.78 is 2.23. The molecule has 1 aromatic carbocycles. The van der Waals surface area contributed by atoms with Crippen LogP contribution in [0.3, 0.4) is 0 Å². The Morgan fingerprint density at radius 1 is 1.19 bits per heavy atom. The molecule has 1 unspecified atom stereocenters. The van der Waals surface area contributed by atoms with Crippen LogP contribution in [0.25, 0.3) is 0 Å². The Kier molecular flexibility index (Phi) is 4.48. The highest BCUT2D eigenvalue weighted by Gasteiger charge is 2.11. The molecule has 0 aliphatic carbocycles. The van der Waals surface area contributed by atoms with Crippen molar-refractivity contribution >= 4 is 54.8 Å². The minimum absolute atomic E-state index is 0.0469. The standard InChI is InChI=1S/C12H9Br2ClS/c13-9-3-1-2-8(6-9)7-10(15)11-4-5-12(14)16-11/h1-6,10H,7H2. The Morgan fingerprint density at radius 2 is 2.00 bits per heavy atom. The molecule has 4 heteroatoms. The van der Waals surface area contributed by atoms with Gasteiger partial charge in [-0.2, -0.15) is 0 Å². The molecule has 0 nitrogen and oxygen atoms in total. The third-order valence-corrected chi connectivity index (χ3v) is 4.96. The van der Waals surface area contributed by atoms with Crippen LogP contribution in [0.5, 0.6) is 0 Å². The maximum absolute atomic E-state index is 6.38. The zero-order valence-corrected chi connectivity index (χ0v) is 13.0. The van der Waals surface area contributed by atoms with Crippen LogP contribution in [0.2, 0.25) is 0 Å². The largest absolute Gasteiger partial charge is 0.132 e. The topological polar surface area (TPSA) is 0 Å². The van der Waals surface area contributed by atoms with Crippen molar-refractivity contribution < 1.29 is 0 Å². The predicted molar refractivity (Wildman–Crippen MR) is 78.5 cm³/mol. The molecule has 84 valence electrons. The monoisotopic (exact) mass is 378 g/mol. The van der Waals surface area contributed by atoms with E-state index < -0.39 is 0 Å². The van der Waals surface area contributed by atoms with E-state index in [0.717, 1.165) is 14.7 Å². The van der Waals surface area contributed by atoms with Gasteiger partial charge < -0.3 is 0 Å². The minimum atomic E-state index is 0.0469. The molecule has 1 aromatic heterocycles. The van der Waals surface area contributed by atoms with E-state index in [9.17, 15) is 0 Å². The molecule has 0 aliphatic heterocycles. The lowest BCUT2D eigenvalue weighted by molar-refractivity contribution is 0.939. The molecule has 0 radical (unpaired) electrons. The highest BCUT2D eigenvalue weighted by Crippen LogP contribution is 2.33. The third kappa shape index (κ3) is 3.33. The van der Waals surface area contributed by atoms with Gasteiger partial charge in [-0.15, -0.1) is 22.9 Å². The Bertz CT molecular complexity index is 481. The van der Waals surface area contributed by atoms with Gasteiger partial charge in [0.1, 0.15) is 0 Å². The molecule has 16 heavy (non-hydrogen) atoms. The second-order valence-electron chi connectivity index (χ2n) is 3.44. The van der Waals surface area contributed by atoms with Gasteiger partial charge in [0, 0.05) is 9.35 Å². The van der Waals surface area contributed by atoms with Gasteiger partial charge in [-0.1, -0.05) is 28.1 Å². The van der Waals surface area contributed by atoms with E-state index in [1.807, 2.05) is 18.2 Å². The van der Waals surface area contributed by atoms with Crippen molar-refractivity contribution in [1.29, 1.82) is 0 Å². The van der Waals surface area contributed by atoms with E-state index in [1.165, 1.54) is 10.4 Å². The van der Waals surface area contributed by atoms with Crippen molar-refractivity contribution in [3.8, 4) is 0 Å². The molecule has 0 amide bonds. The number of hydrogen-bond donors (Lipinski definition) is 0. The van der Waals surface area contributed by atoms with Crippen molar-refractivity contribution in [2.24, 2.45) is 0 Å². The SMILES string of the molecule is ClC(Cc1cccc(Br)c1)c1ccc(Br)s1. The normalized spacial score (nSPS) is 12.7. The summed E-state index contributed by atoms with van der Waals surface area (Å²) >= 11 is 15.0. The number of thiophene rings is 1. The molecule has 0 N–H and O–H groups in total. The predicted octanol–water partition coefficient (Wildman–Crippen LogP) is 5.80. The van der Waals surface area contributed by atoms with Crippen LogP contribution < -0.4 is 0 Å². The van der Waals surface area contributed by atoms with Crippen LogP contribution >= 0.6 is 54.8 Å². The first-order valence-corrected chi connectivity index (χ1v) is 7.63. The molecule has 0 aliphatic rings. The molecule has 0 bridgehead atoms. The fourth-order valence-corrected chi connectivity index (χ4v) is 3.70. The van der Waals surface area contributed by atoms with E-state index in [2.05, 4.69) is 50.1 Å².